The Morgan fingerprint density at radius 1 is 0.552 bits per heavy atom. The lowest BCUT2D eigenvalue weighted by Gasteiger charge is -2.26. The molecule has 0 unspecified atom stereocenters. The van der Waals surface area contributed by atoms with Crippen molar-refractivity contribution < 1.29 is 0 Å². The molecule has 0 saturated heterocycles. The van der Waals surface area contributed by atoms with Gasteiger partial charge >= 0.3 is 0 Å². The predicted octanol–water partition coefficient (Wildman–Crippen LogP) is 9.27. The molecule has 0 aromatic heterocycles. The van der Waals surface area contributed by atoms with E-state index in [0.717, 1.165) is 23.7 Å². The Kier molecular flexibility index (Phi) is 13.3. The van der Waals surface area contributed by atoms with E-state index >= 15 is 0 Å². The molecule has 0 heteroatoms. The Balaban J connectivity index is 1.54. The molecule has 0 spiro atoms. The van der Waals surface area contributed by atoms with Crippen LogP contribution in [0.4, 0.5) is 0 Å². The van der Waals surface area contributed by atoms with Gasteiger partial charge in [-0.3, -0.25) is 0 Å². The molecule has 0 bridgehead atoms. The van der Waals surface area contributed by atoms with Crippen LogP contribution >= 0.6 is 0 Å². The van der Waals surface area contributed by atoms with E-state index in [1.807, 2.05) is 0 Å². The Morgan fingerprint density at radius 3 is 1.41 bits per heavy atom. The number of rotatable bonds is 11. The van der Waals surface area contributed by atoms with Gasteiger partial charge in [-0.05, 0) is 87.2 Å². The predicted molar refractivity (Wildman–Crippen MR) is 130 cm³/mol. The van der Waals surface area contributed by atoms with Crippen LogP contribution < -0.4 is 0 Å². The monoisotopic (exact) mass is 396 g/mol. The van der Waals surface area contributed by atoms with Crippen LogP contribution in [0, 0.1) is 35.5 Å². The van der Waals surface area contributed by atoms with Crippen molar-refractivity contribution in [3.8, 4) is 11.8 Å². The highest BCUT2D eigenvalue weighted by Crippen LogP contribution is 2.33. The van der Waals surface area contributed by atoms with Crippen LogP contribution in [0.2, 0.25) is 0 Å². The van der Waals surface area contributed by atoms with Gasteiger partial charge in [-0.25, -0.2) is 0 Å². The van der Waals surface area contributed by atoms with Crippen molar-refractivity contribution in [1.29, 1.82) is 0 Å². The van der Waals surface area contributed by atoms with Gasteiger partial charge in [0, 0.05) is 0 Å². The second-order valence-electron chi connectivity index (χ2n) is 9.91. The average Bonchev–Trinajstić information content (AvgIpc) is 2.76. The Hall–Kier alpha value is -0.960. The van der Waals surface area contributed by atoms with E-state index < -0.39 is 0 Å². The van der Waals surface area contributed by atoms with E-state index in [4.69, 9.17) is 0 Å². The third kappa shape index (κ3) is 11.1. The summed E-state index contributed by atoms with van der Waals surface area (Å²) in [6.07, 6.45) is 33.1. The second kappa shape index (κ2) is 15.8. The van der Waals surface area contributed by atoms with Gasteiger partial charge in [0.1, 0.15) is 0 Å². The van der Waals surface area contributed by atoms with Gasteiger partial charge in [-0.1, -0.05) is 95.6 Å². The third-order valence-corrected chi connectivity index (χ3v) is 7.45. The summed E-state index contributed by atoms with van der Waals surface area (Å²) in [5, 5.41) is 0. The lowest BCUT2D eigenvalue weighted by atomic mass is 9.79. The van der Waals surface area contributed by atoms with Crippen LogP contribution in [0.1, 0.15) is 123 Å². The number of hydrogen-bond acceptors (Lipinski definition) is 0. The van der Waals surface area contributed by atoms with Crippen LogP contribution in [0.25, 0.3) is 0 Å². The lowest BCUT2D eigenvalue weighted by Crippen LogP contribution is -2.13. The zero-order chi connectivity index (χ0) is 20.6. The van der Waals surface area contributed by atoms with E-state index in [0.29, 0.717) is 0 Å². The van der Waals surface area contributed by atoms with E-state index in [9.17, 15) is 0 Å². The minimum absolute atomic E-state index is 0.781. The summed E-state index contributed by atoms with van der Waals surface area (Å²) in [6.45, 7) is 4.61. The van der Waals surface area contributed by atoms with E-state index in [1.165, 1.54) is 109 Å². The highest BCUT2D eigenvalue weighted by molar-refractivity contribution is 5.24. The molecule has 0 aliphatic heterocycles. The van der Waals surface area contributed by atoms with Crippen LogP contribution in [-0.4, -0.2) is 0 Å². The molecule has 2 rings (SSSR count). The minimum atomic E-state index is 0.781. The van der Waals surface area contributed by atoms with Crippen LogP contribution in [0.3, 0.4) is 0 Å². The molecular formula is C29H48. The first kappa shape index (κ1) is 24.3. The molecule has 0 N–H and O–H groups in total. The molecule has 0 aromatic rings. The van der Waals surface area contributed by atoms with Crippen LogP contribution in [0.15, 0.2) is 24.3 Å². The maximum atomic E-state index is 3.26. The van der Waals surface area contributed by atoms with Gasteiger partial charge in [-0.2, -0.15) is 0 Å². The van der Waals surface area contributed by atoms with E-state index in [2.05, 4.69) is 50.0 Å². The molecule has 164 valence electrons. The molecule has 0 nitrogen and oxygen atoms in total. The highest BCUT2D eigenvalue weighted by atomic mass is 14.2. The fourth-order valence-corrected chi connectivity index (χ4v) is 5.35. The molecule has 0 radical (unpaired) electrons. The average molecular weight is 397 g/mol. The molecule has 29 heavy (non-hydrogen) atoms. The number of hydrogen-bond donors (Lipinski definition) is 0. The smallest absolute Gasteiger partial charge is 0.0153 e. The topological polar surface area (TPSA) is 0 Å². The Bertz CT molecular complexity index is 498. The molecule has 2 aliphatic rings. The SMILES string of the molecule is CCCCCCC1CCC(/C=C/C#C/C=C/C2CCC(CCCCC)CC2)CC1. The van der Waals surface area contributed by atoms with Crippen molar-refractivity contribution in [3.63, 3.8) is 0 Å². The molecular weight excluding hydrogens is 348 g/mol. The minimum Gasteiger partial charge on any atom is -0.0730 e. The Labute approximate surface area is 183 Å². The third-order valence-electron chi connectivity index (χ3n) is 7.45. The fraction of sp³-hybridized carbons (Fsp3) is 0.793. The lowest BCUT2D eigenvalue weighted by molar-refractivity contribution is 0.289. The molecule has 0 amide bonds. The quantitative estimate of drug-likeness (QED) is 0.241. The second-order valence-corrected chi connectivity index (χ2v) is 9.91. The summed E-state index contributed by atoms with van der Waals surface area (Å²) in [6, 6.07) is 0. The van der Waals surface area contributed by atoms with Crippen molar-refractivity contribution in [1.82, 2.24) is 0 Å². The summed E-state index contributed by atoms with van der Waals surface area (Å²) in [4.78, 5) is 0. The molecule has 2 aliphatic carbocycles. The van der Waals surface area contributed by atoms with Gasteiger partial charge in [0.2, 0.25) is 0 Å². The van der Waals surface area contributed by atoms with E-state index in [-0.39, 0.29) is 0 Å². The van der Waals surface area contributed by atoms with Gasteiger partial charge in [0.05, 0.1) is 0 Å². The van der Waals surface area contributed by atoms with Gasteiger partial charge in [0.15, 0.2) is 0 Å². The van der Waals surface area contributed by atoms with Crippen molar-refractivity contribution in [2.75, 3.05) is 0 Å². The summed E-state index contributed by atoms with van der Waals surface area (Å²) >= 11 is 0. The summed E-state index contributed by atoms with van der Waals surface area (Å²) in [5.74, 6) is 10.1. The zero-order valence-corrected chi connectivity index (χ0v) is 19.6. The standard InChI is InChI=1S/C29H48/c1-3-5-7-11-15-27-22-24-29(25-23-27)17-13-9-8-12-16-28-20-18-26(19-21-28)14-10-6-4-2/h12-13,16-17,26-29H,3-7,10-11,14-15,18-25H2,1-2H3/b16-12+,17-13+. The first-order valence-corrected chi connectivity index (χ1v) is 13.2. The fourth-order valence-electron chi connectivity index (χ4n) is 5.35. The van der Waals surface area contributed by atoms with Crippen molar-refractivity contribution in [3.05, 3.63) is 24.3 Å². The molecule has 2 fully saturated rings. The molecule has 2 saturated carbocycles. The van der Waals surface area contributed by atoms with Gasteiger partial charge in [0.25, 0.3) is 0 Å². The van der Waals surface area contributed by atoms with Crippen molar-refractivity contribution >= 4 is 0 Å². The van der Waals surface area contributed by atoms with Gasteiger partial charge in [-0.15, -0.1) is 0 Å². The zero-order valence-electron chi connectivity index (χ0n) is 19.6. The maximum absolute atomic E-state index is 3.26. The normalized spacial score (nSPS) is 27.9. The van der Waals surface area contributed by atoms with E-state index in [1.54, 1.807) is 0 Å². The maximum Gasteiger partial charge on any atom is -0.0153 e. The molecule has 0 heterocycles. The summed E-state index contributed by atoms with van der Waals surface area (Å²) in [5.41, 5.74) is 0. The summed E-state index contributed by atoms with van der Waals surface area (Å²) < 4.78 is 0. The van der Waals surface area contributed by atoms with Gasteiger partial charge < -0.3 is 0 Å². The van der Waals surface area contributed by atoms with Crippen molar-refractivity contribution in [2.45, 2.75) is 123 Å². The Morgan fingerprint density at radius 2 is 0.966 bits per heavy atom. The first-order valence-electron chi connectivity index (χ1n) is 13.2. The number of unbranched alkanes of at least 4 members (excludes halogenated alkanes) is 5. The number of allylic oxidation sites excluding steroid dienone is 4. The van der Waals surface area contributed by atoms with Crippen molar-refractivity contribution in [2.24, 2.45) is 23.7 Å². The van der Waals surface area contributed by atoms with Crippen LogP contribution in [0.5, 0.6) is 0 Å². The first-order chi connectivity index (χ1) is 14.3. The molecule has 0 atom stereocenters. The summed E-state index contributed by atoms with van der Waals surface area (Å²) in [7, 11) is 0. The van der Waals surface area contributed by atoms with Crippen LogP contribution in [-0.2, 0) is 0 Å². The highest BCUT2D eigenvalue weighted by Gasteiger charge is 2.19. The molecule has 0 aromatic carbocycles. The largest absolute Gasteiger partial charge is 0.0730 e.